The van der Waals surface area contributed by atoms with Gasteiger partial charge < -0.3 is 9.88 Å². The second kappa shape index (κ2) is 7.30. The van der Waals surface area contributed by atoms with Crippen molar-refractivity contribution in [3.63, 3.8) is 0 Å². The lowest BCUT2D eigenvalue weighted by atomic mass is 9.97. The van der Waals surface area contributed by atoms with Crippen LogP contribution in [0.25, 0.3) is 11.0 Å². The van der Waals surface area contributed by atoms with Gasteiger partial charge in [-0.15, -0.1) is 0 Å². The Balaban J connectivity index is 1.79. The fourth-order valence-electron chi connectivity index (χ4n) is 3.57. The van der Waals surface area contributed by atoms with E-state index in [9.17, 15) is 9.18 Å². The minimum atomic E-state index is -0.278. The van der Waals surface area contributed by atoms with Gasteiger partial charge in [-0.05, 0) is 45.4 Å². The molecule has 0 bridgehead atoms. The number of nitrogens with one attached hydrogen (secondary N) is 1. The Morgan fingerprint density at radius 3 is 3.00 bits per heavy atom. The Hall–Kier alpha value is -1.95. The molecule has 1 aliphatic heterocycles. The van der Waals surface area contributed by atoms with E-state index in [0.29, 0.717) is 18.6 Å². The van der Waals surface area contributed by atoms with Crippen LogP contribution in [0.15, 0.2) is 18.2 Å². The zero-order valence-electron chi connectivity index (χ0n) is 14.4. The SMILES string of the molecule is CCNC(=O)C1CCCN(Cc2nc3c(F)cccc3n2CC)C1. The Kier molecular flexibility index (Phi) is 5.14. The molecule has 5 nitrogen and oxygen atoms in total. The standard InChI is InChI=1S/C18H25FN4O/c1-3-20-18(24)13-7-6-10-22(11-13)12-16-21-17-14(19)8-5-9-15(17)23(16)4-2/h5,8-9,13H,3-4,6-7,10-12H2,1-2H3,(H,20,24). The summed E-state index contributed by atoms with van der Waals surface area (Å²) in [6.45, 7) is 7.74. The van der Waals surface area contributed by atoms with Crippen LogP contribution in [-0.4, -0.2) is 40.0 Å². The number of aromatic nitrogens is 2. The molecule has 0 saturated carbocycles. The van der Waals surface area contributed by atoms with Crippen molar-refractivity contribution in [2.75, 3.05) is 19.6 Å². The van der Waals surface area contributed by atoms with E-state index in [0.717, 1.165) is 43.8 Å². The Bertz CT molecular complexity index is 727. The number of hydrogen-bond acceptors (Lipinski definition) is 3. The van der Waals surface area contributed by atoms with E-state index in [1.54, 1.807) is 6.07 Å². The van der Waals surface area contributed by atoms with Crippen LogP contribution >= 0.6 is 0 Å². The summed E-state index contributed by atoms with van der Waals surface area (Å²) >= 11 is 0. The predicted molar refractivity (Wildman–Crippen MR) is 92.0 cm³/mol. The van der Waals surface area contributed by atoms with Gasteiger partial charge in [0.15, 0.2) is 5.82 Å². The molecule has 1 atom stereocenters. The molecule has 1 amide bonds. The molecular formula is C18H25FN4O. The van der Waals surface area contributed by atoms with Crippen molar-refractivity contribution >= 4 is 16.9 Å². The minimum absolute atomic E-state index is 0.0369. The lowest BCUT2D eigenvalue weighted by Crippen LogP contribution is -2.42. The fraction of sp³-hybridized carbons (Fsp3) is 0.556. The number of rotatable bonds is 5. The Morgan fingerprint density at radius 1 is 1.42 bits per heavy atom. The van der Waals surface area contributed by atoms with E-state index in [-0.39, 0.29) is 17.6 Å². The second-order valence-electron chi connectivity index (χ2n) is 6.35. The summed E-state index contributed by atoms with van der Waals surface area (Å²) in [4.78, 5) is 18.9. The lowest BCUT2D eigenvalue weighted by Gasteiger charge is -2.31. The molecule has 1 unspecified atom stereocenters. The van der Waals surface area contributed by atoms with Crippen LogP contribution in [-0.2, 0) is 17.9 Å². The van der Waals surface area contributed by atoms with Crippen molar-refractivity contribution in [1.29, 1.82) is 0 Å². The van der Waals surface area contributed by atoms with Gasteiger partial charge in [0.1, 0.15) is 11.3 Å². The largest absolute Gasteiger partial charge is 0.356 e. The molecule has 2 heterocycles. The van der Waals surface area contributed by atoms with Crippen LogP contribution in [0.3, 0.4) is 0 Å². The third-order valence-corrected chi connectivity index (χ3v) is 4.72. The van der Waals surface area contributed by atoms with Crippen molar-refractivity contribution in [3.05, 3.63) is 29.8 Å². The second-order valence-corrected chi connectivity index (χ2v) is 6.35. The summed E-state index contributed by atoms with van der Waals surface area (Å²) in [5.74, 6) is 0.765. The van der Waals surface area contributed by atoms with Crippen LogP contribution in [0.5, 0.6) is 0 Å². The van der Waals surface area contributed by atoms with Gasteiger partial charge in [0.25, 0.3) is 0 Å². The molecule has 0 aliphatic carbocycles. The van der Waals surface area contributed by atoms with E-state index in [2.05, 4.69) is 19.8 Å². The van der Waals surface area contributed by atoms with Crippen molar-refractivity contribution in [3.8, 4) is 0 Å². The first kappa shape index (κ1) is 16.9. The average molecular weight is 332 g/mol. The fourth-order valence-corrected chi connectivity index (χ4v) is 3.57. The third kappa shape index (κ3) is 3.29. The molecule has 6 heteroatoms. The molecule has 0 spiro atoms. The van der Waals surface area contributed by atoms with Gasteiger partial charge in [-0.25, -0.2) is 9.37 Å². The first-order chi connectivity index (χ1) is 11.6. The summed E-state index contributed by atoms with van der Waals surface area (Å²) in [5.41, 5.74) is 1.27. The number of likely N-dealkylation sites (tertiary alicyclic amines) is 1. The first-order valence-electron chi connectivity index (χ1n) is 8.77. The average Bonchev–Trinajstić information content (AvgIpc) is 2.94. The number of amides is 1. The number of halogens is 1. The lowest BCUT2D eigenvalue weighted by molar-refractivity contribution is -0.126. The van der Waals surface area contributed by atoms with E-state index >= 15 is 0 Å². The monoisotopic (exact) mass is 332 g/mol. The summed E-state index contributed by atoms with van der Waals surface area (Å²) in [6.07, 6.45) is 1.93. The number of imidazole rings is 1. The molecule has 24 heavy (non-hydrogen) atoms. The van der Waals surface area contributed by atoms with Crippen LogP contribution in [0.1, 0.15) is 32.5 Å². The molecule has 1 aliphatic rings. The minimum Gasteiger partial charge on any atom is -0.356 e. The molecule has 1 N–H and O–H groups in total. The maximum absolute atomic E-state index is 14.0. The Morgan fingerprint density at radius 2 is 2.25 bits per heavy atom. The number of para-hydroxylation sites is 1. The predicted octanol–water partition coefficient (Wildman–Crippen LogP) is 2.54. The summed E-state index contributed by atoms with van der Waals surface area (Å²) in [6, 6.07) is 5.08. The summed E-state index contributed by atoms with van der Waals surface area (Å²) < 4.78 is 16.1. The van der Waals surface area contributed by atoms with Crippen LogP contribution in [0, 0.1) is 11.7 Å². The van der Waals surface area contributed by atoms with Gasteiger partial charge in [-0.1, -0.05) is 6.07 Å². The van der Waals surface area contributed by atoms with Gasteiger partial charge in [-0.2, -0.15) is 0 Å². The van der Waals surface area contributed by atoms with E-state index in [1.807, 2.05) is 19.9 Å². The molecular weight excluding hydrogens is 307 g/mol. The van der Waals surface area contributed by atoms with Gasteiger partial charge in [0, 0.05) is 19.6 Å². The number of benzene rings is 1. The smallest absolute Gasteiger partial charge is 0.224 e. The quantitative estimate of drug-likeness (QED) is 0.915. The highest BCUT2D eigenvalue weighted by molar-refractivity contribution is 5.79. The van der Waals surface area contributed by atoms with Crippen LogP contribution in [0.4, 0.5) is 4.39 Å². The summed E-state index contributed by atoms with van der Waals surface area (Å²) in [7, 11) is 0. The molecule has 1 fully saturated rings. The maximum Gasteiger partial charge on any atom is 0.224 e. The van der Waals surface area contributed by atoms with Gasteiger partial charge >= 0.3 is 0 Å². The number of hydrogen-bond donors (Lipinski definition) is 1. The van der Waals surface area contributed by atoms with Crippen molar-refractivity contribution in [1.82, 2.24) is 19.8 Å². The van der Waals surface area contributed by atoms with E-state index in [1.165, 1.54) is 6.07 Å². The van der Waals surface area contributed by atoms with Crippen LogP contribution in [0.2, 0.25) is 0 Å². The number of carbonyl (C=O) groups is 1. The van der Waals surface area contributed by atoms with Crippen molar-refractivity contribution in [2.24, 2.45) is 5.92 Å². The zero-order valence-corrected chi connectivity index (χ0v) is 14.4. The van der Waals surface area contributed by atoms with Gasteiger partial charge in [-0.3, -0.25) is 9.69 Å². The normalized spacial score (nSPS) is 18.9. The van der Waals surface area contributed by atoms with Crippen LogP contribution < -0.4 is 5.32 Å². The highest BCUT2D eigenvalue weighted by atomic mass is 19.1. The maximum atomic E-state index is 14.0. The summed E-state index contributed by atoms with van der Waals surface area (Å²) in [5, 5.41) is 2.92. The number of carbonyl (C=O) groups excluding carboxylic acids is 1. The van der Waals surface area contributed by atoms with Crippen molar-refractivity contribution < 1.29 is 9.18 Å². The number of nitrogens with zero attached hydrogens (tertiary/aromatic N) is 3. The van der Waals surface area contributed by atoms with Gasteiger partial charge in [0.05, 0.1) is 18.0 Å². The third-order valence-electron chi connectivity index (χ3n) is 4.72. The van der Waals surface area contributed by atoms with E-state index < -0.39 is 0 Å². The molecule has 2 aromatic rings. The molecule has 1 aromatic heterocycles. The highest BCUT2D eigenvalue weighted by Gasteiger charge is 2.26. The Labute approximate surface area is 141 Å². The zero-order chi connectivity index (χ0) is 17.1. The van der Waals surface area contributed by atoms with Gasteiger partial charge in [0.2, 0.25) is 5.91 Å². The number of fused-ring (bicyclic) bond motifs is 1. The first-order valence-corrected chi connectivity index (χ1v) is 8.77. The van der Waals surface area contributed by atoms with E-state index in [4.69, 9.17) is 0 Å². The molecule has 0 radical (unpaired) electrons. The number of piperidine rings is 1. The highest BCUT2D eigenvalue weighted by Crippen LogP contribution is 2.23. The molecule has 1 saturated heterocycles. The molecule has 1 aromatic carbocycles. The van der Waals surface area contributed by atoms with Crippen molar-refractivity contribution in [2.45, 2.75) is 39.8 Å². The topological polar surface area (TPSA) is 50.2 Å². The number of aryl methyl sites for hydroxylation is 1. The molecule has 3 rings (SSSR count). The molecule has 130 valence electrons.